The number of hydrogen-bond donors (Lipinski definition) is 3. The van der Waals surface area contributed by atoms with Crippen molar-refractivity contribution in [2.24, 2.45) is 0 Å². The summed E-state index contributed by atoms with van der Waals surface area (Å²) in [6, 6.07) is 25.9. The molecule has 1 aromatic heterocycles. The second-order valence-electron chi connectivity index (χ2n) is 11.6. The smallest absolute Gasteiger partial charge is 0.303 e. The van der Waals surface area contributed by atoms with E-state index in [4.69, 9.17) is 14.6 Å². The highest BCUT2D eigenvalue weighted by Gasteiger charge is 2.32. The number of aliphatic hydroxyl groups is 1. The van der Waals surface area contributed by atoms with Crippen LogP contribution in [0.1, 0.15) is 79.6 Å². The number of carboxylic acid groups (broad SMARTS) is 1. The lowest BCUT2D eigenvalue weighted by atomic mass is 9.97. The van der Waals surface area contributed by atoms with Crippen molar-refractivity contribution in [1.29, 1.82) is 0 Å². The van der Waals surface area contributed by atoms with Gasteiger partial charge < -0.3 is 25.0 Å². The summed E-state index contributed by atoms with van der Waals surface area (Å²) >= 11 is 1.56. The Morgan fingerprint density at radius 1 is 0.830 bits per heavy atom. The second-order valence-corrected chi connectivity index (χ2v) is 12.5. The molecule has 1 aliphatic rings. The van der Waals surface area contributed by atoms with Gasteiger partial charge in [-0.05, 0) is 46.7 Å². The van der Waals surface area contributed by atoms with Crippen LogP contribution in [-0.2, 0) is 32.2 Å². The van der Waals surface area contributed by atoms with E-state index < -0.39 is 12.3 Å². The molecule has 10 heteroatoms. The van der Waals surface area contributed by atoms with Gasteiger partial charge in [-0.1, -0.05) is 97.4 Å². The number of hydrogen-bond acceptors (Lipinski definition) is 8. The second kappa shape index (κ2) is 17.7. The lowest BCUT2D eigenvalue weighted by Crippen LogP contribution is -2.31. The maximum absolute atomic E-state index is 12.5. The number of rotatable bonds is 16. The maximum atomic E-state index is 12.5. The summed E-state index contributed by atoms with van der Waals surface area (Å²) in [6.45, 7) is 0.416. The first kappa shape index (κ1) is 34.3. The van der Waals surface area contributed by atoms with E-state index in [-0.39, 0.29) is 31.1 Å². The minimum Gasteiger partial charge on any atom is -0.481 e. The first-order valence-corrected chi connectivity index (χ1v) is 17.0. The zero-order valence-electron chi connectivity index (χ0n) is 26.3. The van der Waals surface area contributed by atoms with E-state index in [0.29, 0.717) is 36.7 Å². The van der Waals surface area contributed by atoms with Crippen molar-refractivity contribution in [2.75, 3.05) is 5.75 Å². The zero-order chi connectivity index (χ0) is 32.8. The molecule has 1 amide bonds. The summed E-state index contributed by atoms with van der Waals surface area (Å²) in [5.74, 6) is -0.107. The average Bonchev–Trinajstić information content (AvgIpc) is 3.11. The topological polar surface area (TPSA) is 131 Å². The van der Waals surface area contributed by atoms with Crippen LogP contribution in [0.15, 0.2) is 96.4 Å². The predicted molar refractivity (Wildman–Crippen MR) is 180 cm³/mol. The zero-order valence-corrected chi connectivity index (χ0v) is 27.1. The highest BCUT2D eigenvalue weighted by molar-refractivity contribution is 7.99. The molecule has 0 unspecified atom stereocenters. The fraction of sp³-hybridized carbons (Fsp3) is 0.351. The van der Waals surface area contributed by atoms with Gasteiger partial charge in [0.1, 0.15) is 0 Å². The molecule has 0 bridgehead atoms. The highest BCUT2D eigenvalue weighted by Crippen LogP contribution is 2.39. The van der Waals surface area contributed by atoms with Crippen molar-refractivity contribution in [3.63, 3.8) is 0 Å². The van der Waals surface area contributed by atoms with Gasteiger partial charge in [-0.3, -0.25) is 9.59 Å². The molecule has 0 radical (unpaired) electrons. The van der Waals surface area contributed by atoms with Crippen LogP contribution in [0.2, 0.25) is 0 Å². The number of nitrogens with zero attached hydrogens (tertiary/aromatic N) is 2. The van der Waals surface area contributed by atoms with Crippen LogP contribution in [0, 0.1) is 0 Å². The molecule has 0 aliphatic carbocycles. The van der Waals surface area contributed by atoms with Crippen molar-refractivity contribution in [3.8, 4) is 11.1 Å². The Bertz CT molecular complexity index is 1570. The average molecular weight is 656 g/mol. The SMILES string of the molecule is O=C(O)CCCCCCC(=O)NCc1ccccc1-c1ccc([C@@H]2O[C@H](CSc3ncccn3)C[C@H](c3ccc(CO)cc3)O2)cc1. The number of thioether (sulfide) groups is 1. The van der Waals surface area contributed by atoms with E-state index in [2.05, 4.69) is 33.5 Å². The van der Waals surface area contributed by atoms with Crippen LogP contribution in [0.3, 0.4) is 0 Å². The van der Waals surface area contributed by atoms with Crippen molar-refractivity contribution >= 4 is 23.6 Å². The third-order valence-corrected chi connectivity index (χ3v) is 9.09. The standard InChI is InChI=1S/C37H41N3O6S/c41-24-26-12-14-28(15-13-26)33-22-31(25-47-37-38-20-7-21-39-37)45-36(46-33)29-18-16-27(17-19-29)32-9-6-5-8-30(32)23-40-34(42)10-3-1-2-4-11-35(43)44/h5-9,12-21,31,33,36,41H,1-4,10-11,22-25H2,(H,40,42)(H,43,44)/t31-,33+,36+/m0/s1. The number of aliphatic carboxylic acids is 1. The molecular formula is C37H41N3O6S. The Morgan fingerprint density at radius 2 is 1.53 bits per heavy atom. The maximum Gasteiger partial charge on any atom is 0.303 e. The van der Waals surface area contributed by atoms with Crippen LogP contribution in [-0.4, -0.2) is 43.9 Å². The Morgan fingerprint density at radius 3 is 2.26 bits per heavy atom. The highest BCUT2D eigenvalue weighted by atomic mass is 32.2. The summed E-state index contributed by atoms with van der Waals surface area (Å²) in [5.41, 5.74) is 5.88. The van der Waals surface area contributed by atoms with Gasteiger partial charge in [0.2, 0.25) is 5.91 Å². The van der Waals surface area contributed by atoms with E-state index in [1.807, 2.05) is 54.6 Å². The Balaban J connectivity index is 1.23. The molecule has 4 aromatic rings. The van der Waals surface area contributed by atoms with Gasteiger partial charge in [0.25, 0.3) is 0 Å². The molecule has 1 saturated heterocycles. The molecule has 3 atom stereocenters. The number of benzene rings is 3. The number of unbranched alkanes of at least 4 members (excludes halogenated alkanes) is 3. The number of carboxylic acids is 1. The van der Waals surface area contributed by atoms with E-state index >= 15 is 0 Å². The van der Waals surface area contributed by atoms with Crippen molar-refractivity contribution in [2.45, 2.75) is 81.8 Å². The molecule has 3 N–H and O–H groups in total. The van der Waals surface area contributed by atoms with Gasteiger partial charge in [0.15, 0.2) is 11.4 Å². The Labute approximate surface area is 279 Å². The number of ether oxygens (including phenoxy) is 2. The largest absolute Gasteiger partial charge is 0.481 e. The van der Waals surface area contributed by atoms with Crippen LogP contribution in [0.5, 0.6) is 0 Å². The van der Waals surface area contributed by atoms with Gasteiger partial charge in [-0.25, -0.2) is 9.97 Å². The third-order valence-electron chi connectivity index (χ3n) is 8.09. The van der Waals surface area contributed by atoms with Gasteiger partial charge in [0.05, 0.1) is 18.8 Å². The molecule has 0 spiro atoms. The van der Waals surface area contributed by atoms with E-state index in [1.54, 1.807) is 30.2 Å². The molecular weight excluding hydrogens is 614 g/mol. The fourth-order valence-corrected chi connectivity index (χ4v) is 6.34. The molecule has 1 fully saturated rings. The Kier molecular flexibility index (Phi) is 12.9. The number of nitrogens with one attached hydrogen (secondary N) is 1. The first-order chi connectivity index (χ1) is 23.0. The molecule has 246 valence electrons. The van der Waals surface area contributed by atoms with Crippen LogP contribution in [0.4, 0.5) is 0 Å². The summed E-state index contributed by atoms with van der Waals surface area (Å²) in [7, 11) is 0. The number of amides is 1. The van der Waals surface area contributed by atoms with Gasteiger partial charge in [-0.15, -0.1) is 0 Å². The molecule has 3 aromatic carbocycles. The van der Waals surface area contributed by atoms with E-state index in [0.717, 1.165) is 52.6 Å². The van der Waals surface area contributed by atoms with Gasteiger partial charge in [-0.2, -0.15) is 0 Å². The quantitative estimate of drug-likeness (QED) is 0.0662. The van der Waals surface area contributed by atoms with Crippen LogP contribution >= 0.6 is 11.8 Å². The van der Waals surface area contributed by atoms with Crippen molar-refractivity contribution in [3.05, 3.63) is 114 Å². The minimum absolute atomic E-state index is 0.00664. The number of carbonyl (C=O) groups excluding carboxylic acids is 1. The van der Waals surface area contributed by atoms with Crippen molar-refractivity contribution in [1.82, 2.24) is 15.3 Å². The van der Waals surface area contributed by atoms with Gasteiger partial charge in [0, 0.05) is 49.5 Å². The lowest BCUT2D eigenvalue weighted by Gasteiger charge is -2.36. The minimum atomic E-state index is -0.778. The van der Waals surface area contributed by atoms with E-state index in [1.165, 1.54) is 0 Å². The molecule has 0 saturated carbocycles. The lowest BCUT2D eigenvalue weighted by molar-refractivity contribution is -0.245. The summed E-state index contributed by atoms with van der Waals surface area (Å²) in [5, 5.41) is 22.0. The molecule has 2 heterocycles. The molecule has 47 heavy (non-hydrogen) atoms. The van der Waals surface area contributed by atoms with Gasteiger partial charge >= 0.3 is 5.97 Å². The van der Waals surface area contributed by atoms with Crippen molar-refractivity contribution < 1.29 is 29.3 Å². The van der Waals surface area contributed by atoms with Crippen LogP contribution < -0.4 is 5.32 Å². The third kappa shape index (κ3) is 10.5. The summed E-state index contributed by atoms with van der Waals surface area (Å²) < 4.78 is 13.0. The monoisotopic (exact) mass is 655 g/mol. The number of aromatic nitrogens is 2. The van der Waals surface area contributed by atoms with E-state index in [9.17, 15) is 14.7 Å². The number of aliphatic hydroxyl groups excluding tert-OH is 1. The predicted octanol–water partition coefficient (Wildman–Crippen LogP) is 7.02. The molecule has 5 rings (SSSR count). The Hall–Kier alpha value is -4.09. The number of carbonyl (C=O) groups is 2. The molecule has 9 nitrogen and oxygen atoms in total. The van der Waals surface area contributed by atoms with Crippen LogP contribution in [0.25, 0.3) is 11.1 Å². The normalized spacial score (nSPS) is 17.7. The molecule has 1 aliphatic heterocycles. The summed E-state index contributed by atoms with van der Waals surface area (Å²) in [6.07, 6.45) is 6.95. The first-order valence-electron chi connectivity index (χ1n) is 16.1. The summed E-state index contributed by atoms with van der Waals surface area (Å²) in [4.78, 5) is 31.8. The fourth-order valence-electron chi connectivity index (χ4n) is 5.52.